The predicted octanol–water partition coefficient (Wildman–Crippen LogP) is 1.77. The van der Waals surface area contributed by atoms with Crippen LogP contribution in [0.5, 0.6) is 5.75 Å². The maximum Gasteiger partial charge on any atom is 0.341 e. The van der Waals surface area contributed by atoms with Gasteiger partial charge < -0.3 is 19.0 Å². The van der Waals surface area contributed by atoms with Crippen LogP contribution in [0.25, 0.3) is 16.8 Å². The average Bonchev–Trinajstić information content (AvgIpc) is 3.19. The second kappa shape index (κ2) is 6.62. The van der Waals surface area contributed by atoms with E-state index in [-0.39, 0.29) is 29.3 Å². The van der Waals surface area contributed by atoms with Crippen molar-refractivity contribution in [1.82, 2.24) is 15.1 Å². The lowest BCUT2D eigenvalue weighted by Crippen LogP contribution is -2.31. The molecule has 10 heteroatoms. The first-order valence-electron chi connectivity index (χ1n) is 8.79. The summed E-state index contributed by atoms with van der Waals surface area (Å²) in [6, 6.07) is 8.73. The lowest BCUT2D eigenvalue weighted by molar-refractivity contribution is -0.458. The molecular weight excluding hydrogens is 395 g/mol. The zero-order valence-electron chi connectivity index (χ0n) is 15.1. The summed E-state index contributed by atoms with van der Waals surface area (Å²) >= 11 is 0. The molecule has 1 aromatic carbocycles. The Morgan fingerprint density at radius 3 is 2.80 bits per heavy atom. The van der Waals surface area contributed by atoms with Gasteiger partial charge in [0.05, 0.1) is 17.7 Å². The number of aromatic hydroxyl groups is 1. The van der Waals surface area contributed by atoms with E-state index < -0.39 is 16.9 Å². The summed E-state index contributed by atoms with van der Waals surface area (Å²) < 4.78 is 25.8. The van der Waals surface area contributed by atoms with Gasteiger partial charge in [-0.1, -0.05) is 17.3 Å². The van der Waals surface area contributed by atoms with Crippen molar-refractivity contribution in [2.24, 2.45) is 0 Å². The maximum atomic E-state index is 14.2. The Labute approximate surface area is 166 Å². The van der Waals surface area contributed by atoms with E-state index in [9.17, 15) is 19.1 Å². The van der Waals surface area contributed by atoms with E-state index in [4.69, 9.17) is 8.94 Å². The molecule has 4 heterocycles. The molecule has 0 saturated carbocycles. The Balaban J connectivity index is 1.67. The third kappa shape index (κ3) is 2.82. The fraction of sp³-hybridized carbons (Fsp3) is 0.0500. The van der Waals surface area contributed by atoms with Crippen LogP contribution in [-0.2, 0) is 6.54 Å². The van der Waals surface area contributed by atoms with E-state index in [1.54, 1.807) is 34.9 Å². The highest BCUT2D eigenvalue weighted by Crippen LogP contribution is 2.26. The molecule has 4 aromatic rings. The van der Waals surface area contributed by atoms with Crippen LogP contribution in [0.3, 0.4) is 0 Å². The smallest absolute Gasteiger partial charge is 0.341 e. The van der Waals surface area contributed by atoms with Crippen LogP contribution in [0.15, 0.2) is 67.3 Å². The minimum atomic E-state index is -0.843. The minimum Gasteiger partial charge on any atom is -0.507 e. The number of rotatable bonds is 4. The minimum absolute atomic E-state index is 0.0878. The number of hydrogen-bond donors (Lipinski definition) is 2. The largest absolute Gasteiger partial charge is 0.507 e. The molecule has 0 fully saturated rings. The SMILES string of the molecule is O=c1cc(O)c2c(=O)[nH]c(C3=[N+](Cc4ccccc4F)C(c4ccon4)=C3)nc2o1. The van der Waals surface area contributed by atoms with E-state index in [0.717, 1.165) is 6.07 Å². The normalized spacial score (nSPS) is 13.4. The van der Waals surface area contributed by atoms with Gasteiger partial charge >= 0.3 is 5.63 Å². The van der Waals surface area contributed by atoms with Crippen molar-refractivity contribution in [2.45, 2.75) is 6.54 Å². The van der Waals surface area contributed by atoms with Crippen molar-refractivity contribution in [3.63, 3.8) is 0 Å². The van der Waals surface area contributed by atoms with Gasteiger partial charge in [0.25, 0.3) is 11.3 Å². The van der Waals surface area contributed by atoms with Gasteiger partial charge in [-0.2, -0.15) is 9.56 Å². The predicted molar refractivity (Wildman–Crippen MR) is 102 cm³/mol. The monoisotopic (exact) mass is 407 g/mol. The maximum absolute atomic E-state index is 14.2. The van der Waals surface area contributed by atoms with Crippen LogP contribution in [0.4, 0.5) is 4.39 Å². The quantitative estimate of drug-likeness (QED) is 0.494. The van der Waals surface area contributed by atoms with Crippen LogP contribution >= 0.6 is 0 Å². The Morgan fingerprint density at radius 2 is 2.03 bits per heavy atom. The van der Waals surface area contributed by atoms with Crippen LogP contribution in [-0.4, -0.2) is 30.5 Å². The average molecular weight is 407 g/mol. The second-order valence-corrected chi connectivity index (χ2v) is 6.52. The van der Waals surface area contributed by atoms with E-state index in [0.29, 0.717) is 22.7 Å². The first-order chi connectivity index (χ1) is 14.5. The van der Waals surface area contributed by atoms with Crippen molar-refractivity contribution in [3.8, 4) is 5.75 Å². The first kappa shape index (κ1) is 17.7. The topological polar surface area (TPSA) is 125 Å². The first-order valence-corrected chi connectivity index (χ1v) is 8.79. The number of benzene rings is 1. The van der Waals surface area contributed by atoms with Gasteiger partial charge in [0.15, 0.2) is 12.2 Å². The van der Waals surface area contributed by atoms with Crippen LogP contribution < -0.4 is 11.2 Å². The van der Waals surface area contributed by atoms with E-state index in [2.05, 4.69) is 15.1 Å². The molecule has 0 saturated heterocycles. The lowest BCUT2D eigenvalue weighted by Gasteiger charge is -2.16. The van der Waals surface area contributed by atoms with E-state index in [1.165, 1.54) is 12.3 Å². The molecule has 5 rings (SSSR count). The summed E-state index contributed by atoms with van der Waals surface area (Å²) in [7, 11) is 0. The summed E-state index contributed by atoms with van der Waals surface area (Å²) in [5.41, 5.74) is 0.171. The number of allylic oxidation sites excluding steroid dienone is 1. The van der Waals surface area contributed by atoms with Crippen LogP contribution in [0.1, 0.15) is 17.1 Å². The van der Waals surface area contributed by atoms with Crippen LogP contribution in [0, 0.1) is 5.82 Å². The highest BCUT2D eigenvalue weighted by Gasteiger charge is 2.36. The van der Waals surface area contributed by atoms with Crippen molar-refractivity contribution in [1.29, 1.82) is 0 Å². The Kier molecular flexibility index (Phi) is 3.91. The molecule has 9 nitrogen and oxygen atoms in total. The van der Waals surface area contributed by atoms with Gasteiger partial charge in [0, 0.05) is 6.07 Å². The van der Waals surface area contributed by atoms with Gasteiger partial charge in [-0.15, -0.1) is 0 Å². The Hall–Kier alpha value is -4.34. The zero-order chi connectivity index (χ0) is 20.8. The molecule has 1 aliphatic rings. The highest BCUT2D eigenvalue weighted by molar-refractivity contribution is 6.11. The third-order valence-corrected chi connectivity index (χ3v) is 4.68. The van der Waals surface area contributed by atoms with Crippen LogP contribution in [0.2, 0.25) is 0 Å². The molecule has 0 bridgehead atoms. The van der Waals surface area contributed by atoms with E-state index in [1.807, 2.05) is 0 Å². The number of halogens is 1. The molecule has 0 atom stereocenters. The number of fused-ring (bicyclic) bond motifs is 1. The number of aromatic amines is 1. The van der Waals surface area contributed by atoms with Crippen molar-refractivity contribution in [3.05, 3.63) is 92.4 Å². The van der Waals surface area contributed by atoms with Gasteiger partial charge in [0.1, 0.15) is 23.2 Å². The molecule has 0 aliphatic carbocycles. The molecule has 0 unspecified atom stereocenters. The Morgan fingerprint density at radius 1 is 1.20 bits per heavy atom. The number of aromatic nitrogens is 3. The fourth-order valence-corrected chi connectivity index (χ4v) is 3.25. The standard InChI is InChI=1S/C20H11FN4O5/c21-11-4-2-1-3-10(11)9-25-13(12-5-6-29-24-12)7-14(25)18-22-19(28)17-15(26)8-16(27)30-20(17)23-18/h1-8H,9H2,(H-,22,23,26,27,28)/p+1. The molecular formula is C20H12FN4O5+. The van der Waals surface area contributed by atoms with Crippen molar-refractivity contribution in [2.75, 3.05) is 0 Å². The number of nitrogens with one attached hydrogen (secondary N) is 1. The molecule has 148 valence electrons. The van der Waals surface area contributed by atoms with Crippen molar-refractivity contribution >= 4 is 22.5 Å². The molecule has 2 N–H and O–H groups in total. The summed E-state index contributed by atoms with van der Waals surface area (Å²) in [6.45, 7) is 0.131. The summed E-state index contributed by atoms with van der Waals surface area (Å²) in [4.78, 5) is 30.7. The Bertz CT molecular complexity index is 1480. The molecule has 0 amide bonds. The molecule has 0 radical (unpaired) electrons. The summed E-state index contributed by atoms with van der Waals surface area (Å²) in [5.74, 6) is -0.828. The number of H-pyrrole nitrogens is 1. The summed E-state index contributed by atoms with van der Waals surface area (Å²) in [5, 5.41) is 13.5. The molecule has 30 heavy (non-hydrogen) atoms. The van der Waals surface area contributed by atoms with Gasteiger partial charge in [-0.3, -0.25) is 4.79 Å². The zero-order valence-corrected chi connectivity index (χ0v) is 15.1. The summed E-state index contributed by atoms with van der Waals surface area (Å²) in [6.07, 6.45) is 3.09. The number of nitrogens with zero attached hydrogens (tertiary/aromatic N) is 3. The van der Waals surface area contributed by atoms with Gasteiger partial charge in [-0.05, 0) is 12.1 Å². The second-order valence-electron chi connectivity index (χ2n) is 6.52. The third-order valence-electron chi connectivity index (χ3n) is 4.68. The van der Waals surface area contributed by atoms with Crippen molar-refractivity contribution < 1.29 is 23.0 Å². The fourth-order valence-electron chi connectivity index (χ4n) is 3.25. The van der Waals surface area contributed by atoms with Gasteiger partial charge in [0.2, 0.25) is 17.2 Å². The lowest BCUT2D eigenvalue weighted by atomic mass is 10.1. The van der Waals surface area contributed by atoms with E-state index >= 15 is 0 Å². The molecule has 0 spiro atoms. The number of hydrogen-bond acceptors (Lipinski definition) is 7. The molecule has 1 aliphatic heterocycles. The molecule has 3 aromatic heterocycles. The van der Waals surface area contributed by atoms with Gasteiger partial charge in [-0.25, -0.2) is 9.18 Å². The highest BCUT2D eigenvalue weighted by atomic mass is 19.1.